The van der Waals surface area contributed by atoms with Crippen LogP contribution in [0.4, 0.5) is 5.82 Å². The van der Waals surface area contributed by atoms with Crippen molar-refractivity contribution in [2.75, 3.05) is 25.1 Å². The highest BCUT2D eigenvalue weighted by atomic mass is 79.9. The molecule has 0 spiro atoms. The lowest BCUT2D eigenvalue weighted by atomic mass is 9.98. The number of hydrazine groups is 1. The van der Waals surface area contributed by atoms with E-state index in [1.54, 1.807) is 17.2 Å². The molecule has 1 amide bonds. The van der Waals surface area contributed by atoms with E-state index in [1.165, 1.54) is 0 Å². The second-order valence-corrected chi connectivity index (χ2v) is 5.55. The van der Waals surface area contributed by atoms with Gasteiger partial charge in [0.25, 0.3) is 5.91 Å². The lowest BCUT2D eigenvalue weighted by Gasteiger charge is -2.32. The number of piperidine rings is 1. The van der Waals surface area contributed by atoms with Gasteiger partial charge < -0.3 is 15.4 Å². The maximum Gasteiger partial charge on any atom is 0.257 e. The number of likely N-dealkylation sites (tertiary alicyclic amines) is 1. The van der Waals surface area contributed by atoms with E-state index in [2.05, 4.69) is 26.3 Å². The van der Waals surface area contributed by atoms with Crippen LogP contribution in [0.1, 0.15) is 23.2 Å². The van der Waals surface area contributed by atoms with Crippen molar-refractivity contribution in [3.63, 3.8) is 0 Å². The lowest BCUT2D eigenvalue weighted by Crippen LogP contribution is -2.41. The number of anilines is 1. The number of nitrogen functional groups attached to an aromatic ring is 1. The van der Waals surface area contributed by atoms with E-state index in [4.69, 9.17) is 5.84 Å². The van der Waals surface area contributed by atoms with Crippen LogP contribution in [0.5, 0.6) is 0 Å². The molecule has 0 aromatic carbocycles. The average molecular weight is 329 g/mol. The topological polar surface area (TPSA) is 91.5 Å². The largest absolute Gasteiger partial charge is 0.396 e. The summed E-state index contributed by atoms with van der Waals surface area (Å²) < 4.78 is 0.727. The number of pyridine rings is 1. The quantitative estimate of drug-likeness (QED) is 0.568. The molecule has 7 heteroatoms. The van der Waals surface area contributed by atoms with Crippen LogP contribution in [0.3, 0.4) is 0 Å². The number of aromatic nitrogens is 1. The third-order valence-electron chi connectivity index (χ3n) is 3.29. The fraction of sp³-hybridized carbons (Fsp3) is 0.500. The van der Waals surface area contributed by atoms with Crippen LogP contribution in [-0.2, 0) is 0 Å². The molecule has 1 aliphatic rings. The fourth-order valence-electron chi connectivity index (χ4n) is 2.29. The van der Waals surface area contributed by atoms with Crippen LogP contribution in [0.25, 0.3) is 0 Å². The molecule has 1 unspecified atom stereocenters. The van der Waals surface area contributed by atoms with E-state index in [0.717, 1.165) is 17.3 Å². The van der Waals surface area contributed by atoms with Gasteiger partial charge in [0.1, 0.15) is 0 Å². The number of halogens is 1. The van der Waals surface area contributed by atoms with E-state index in [0.29, 0.717) is 24.5 Å². The highest BCUT2D eigenvalue weighted by Gasteiger charge is 2.26. The summed E-state index contributed by atoms with van der Waals surface area (Å²) >= 11 is 3.30. The molecular formula is C12H17BrN4O2. The molecule has 19 heavy (non-hydrogen) atoms. The van der Waals surface area contributed by atoms with Crippen molar-refractivity contribution in [3.05, 3.63) is 22.3 Å². The van der Waals surface area contributed by atoms with Crippen molar-refractivity contribution in [1.29, 1.82) is 0 Å². The maximum absolute atomic E-state index is 12.5. The van der Waals surface area contributed by atoms with Crippen molar-refractivity contribution in [3.8, 4) is 0 Å². The molecule has 0 radical (unpaired) electrons. The number of aliphatic hydroxyl groups excluding tert-OH is 1. The Balaban J connectivity index is 2.21. The fourth-order valence-corrected chi connectivity index (χ4v) is 2.62. The average Bonchev–Trinajstić information content (AvgIpc) is 2.46. The Labute approximate surface area is 120 Å². The van der Waals surface area contributed by atoms with Crippen molar-refractivity contribution in [2.24, 2.45) is 11.8 Å². The number of hydrogen-bond donors (Lipinski definition) is 3. The molecule has 2 heterocycles. The molecule has 0 saturated carbocycles. The van der Waals surface area contributed by atoms with E-state index < -0.39 is 0 Å². The summed E-state index contributed by atoms with van der Waals surface area (Å²) in [4.78, 5) is 18.3. The first-order valence-corrected chi connectivity index (χ1v) is 6.97. The summed E-state index contributed by atoms with van der Waals surface area (Å²) in [6.45, 7) is 1.39. The number of hydrogen-bond acceptors (Lipinski definition) is 5. The molecule has 1 fully saturated rings. The molecule has 4 N–H and O–H groups in total. The number of carbonyl (C=O) groups excluding carboxylic acids is 1. The van der Waals surface area contributed by atoms with Gasteiger partial charge in [-0.3, -0.25) is 4.79 Å². The van der Waals surface area contributed by atoms with Gasteiger partial charge in [0.15, 0.2) is 5.82 Å². The van der Waals surface area contributed by atoms with Gasteiger partial charge in [-0.15, -0.1) is 0 Å². The molecule has 2 rings (SSSR count). The number of nitrogens with zero attached hydrogens (tertiary/aromatic N) is 2. The molecule has 0 aliphatic carbocycles. The van der Waals surface area contributed by atoms with Gasteiger partial charge in [-0.2, -0.15) is 0 Å². The van der Waals surface area contributed by atoms with Gasteiger partial charge in [-0.25, -0.2) is 10.8 Å². The van der Waals surface area contributed by atoms with Crippen LogP contribution in [0.2, 0.25) is 0 Å². The second-order valence-electron chi connectivity index (χ2n) is 4.64. The maximum atomic E-state index is 12.5. The van der Waals surface area contributed by atoms with Crippen LogP contribution in [-0.4, -0.2) is 40.6 Å². The van der Waals surface area contributed by atoms with Crippen LogP contribution < -0.4 is 11.3 Å². The van der Waals surface area contributed by atoms with E-state index in [-0.39, 0.29) is 18.4 Å². The van der Waals surface area contributed by atoms with Gasteiger partial charge in [-0.05, 0) is 40.8 Å². The molecule has 6 nitrogen and oxygen atoms in total. The van der Waals surface area contributed by atoms with E-state index in [9.17, 15) is 9.90 Å². The molecule has 1 aromatic heterocycles. The highest BCUT2D eigenvalue weighted by Crippen LogP contribution is 2.22. The van der Waals surface area contributed by atoms with Crippen LogP contribution in [0.15, 0.2) is 16.7 Å². The Bertz CT molecular complexity index is 469. The Hall–Kier alpha value is -1.18. The zero-order valence-corrected chi connectivity index (χ0v) is 12.1. The Morgan fingerprint density at radius 2 is 2.47 bits per heavy atom. The van der Waals surface area contributed by atoms with Gasteiger partial charge in [0.05, 0.1) is 5.56 Å². The number of nitrogens with one attached hydrogen (secondary N) is 1. The zero-order valence-electron chi connectivity index (χ0n) is 10.5. The predicted octanol–water partition coefficient (Wildman–Crippen LogP) is 0.974. The number of carbonyl (C=O) groups is 1. The molecular weight excluding hydrogens is 312 g/mol. The minimum atomic E-state index is -0.111. The molecule has 1 aromatic rings. The Kier molecular flexibility index (Phi) is 4.73. The van der Waals surface area contributed by atoms with Crippen molar-refractivity contribution < 1.29 is 9.90 Å². The van der Waals surface area contributed by atoms with Crippen LogP contribution >= 0.6 is 15.9 Å². The summed E-state index contributed by atoms with van der Waals surface area (Å²) in [7, 11) is 0. The number of aliphatic hydroxyl groups is 1. The van der Waals surface area contributed by atoms with Crippen molar-refractivity contribution in [1.82, 2.24) is 9.88 Å². The number of rotatable bonds is 3. The summed E-state index contributed by atoms with van der Waals surface area (Å²) in [6.07, 6.45) is 3.45. The van der Waals surface area contributed by atoms with Crippen LogP contribution in [0, 0.1) is 5.92 Å². The summed E-state index contributed by atoms with van der Waals surface area (Å²) in [5.41, 5.74) is 2.88. The smallest absolute Gasteiger partial charge is 0.257 e. The van der Waals surface area contributed by atoms with Gasteiger partial charge in [-0.1, -0.05) is 0 Å². The van der Waals surface area contributed by atoms with Gasteiger partial charge in [0, 0.05) is 30.4 Å². The number of nitrogens with two attached hydrogens (primary N) is 1. The van der Waals surface area contributed by atoms with Gasteiger partial charge >= 0.3 is 0 Å². The monoisotopic (exact) mass is 328 g/mol. The normalized spacial score (nSPS) is 19.3. The number of amides is 1. The summed E-state index contributed by atoms with van der Waals surface area (Å²) in [6, 6.07) is 1.70. The molecule has 104 valence electrons. The minimum absolute atomic E-state index is 0.111. The standard InChI is InChI=1S/C12H17BrN4O2/c13-9-4-10(11(16-14)15-5-9)12(19)17-3-1-2-8(6-17)7-18/h4-5,8,18H,1-3,6-7,14H2,(H,15,16). The summed E-state index contributed by atoms with van der Waals surface area (Å²) in [5.74, 6) is 5.79. The van der Waals surface area contributed by atoms with E-state index >= 15 is 0 Å². The van der Waals surface area contributed by atoms with Crippen molar-refractivity contribution >= 4 is 27.7 Å². The minimum Gasteiger partial charge on any atom is -0.396 e. The predicted molar refractivity (Wildman–Crippen MR) is 75.5 cm³/mol. The third-order valence-corrected chi connectivity index (χ3v) is 3.72. The molecule has 1 aliphatic heterocycles. The van der Waals surface area contributed by atoms with Gasteiger partial charge in [0.2, 0.25) is 0 Å². The highest BCUT2D eigenvalue weighted by molar-refractivity contribution is 9.10. The summed E-state index contributed by atoms with van der Waals surface area (Å²) in [5, 5.41) is 9.22. The zero-order chi connectivity index (χ0) is 13.8. The Morgan fingerprint density at radius 1 is 1.68 bits per heavy atom. The third kappa shape index (κ3) is 3.23. The first-order valence-electron chi connectivity index (χ1n) is 6.18. The molecule has 0 bridgehead atoms. The SMILES string of the molecule is NNc1ncc(Br)cc1C(=O)N1CCCC(CO)C1. The second kappa shape index (κ2) is 6.31. The molecule has 1 atom stereocenters. The molecule has 1 saturated heterocycles. The lowest BCUT2D eigenvalue weighted by molar-refractivity contribution is 0.0621. The van der Waals surface area contributed by atoms with Crippen molar-refractivity contribution in [2.45, 2.75) is 12.8 Å². The Morgan fingerprint density at radius 3 is 3.16 bits per heavy atom. The first-order chi connectivity index (χ1) is 9.15. The van der Waals surface area contributed by atoms with E-state index in [1.807, 2.05) is 0 Å². The first kappa shape index (κ1) is 14.2.